The van der Waals surface area contributed by atoms with Crippen LogP contribution in [0.15, 0.2) is 71.7 Å². The molecule has 0 spiro atoms. The van der Waals surface area contributed by atoms with Crippen molar-refractivity contribution >= 4 is 40.0 Å². The highest BCUT2D eigenvalue weighted by atomic mass is 35.5. The van der Waals surface area contributed by atoms with Crippen LogP contribution in [0.1, 0.15) is 22.5 Å². The van der Waals surface area contributed by atoms with Crippen molar-refractivity contribution in [3.05, 3.63) is 98.5 Å². The molecule has 2 aromatic carbocycles. The Morgan fingerprint density at radius 2 is 1.72 bits per heavy atom. The van der Waals surface area contributed by atoms with E-state index in [1.165, 1.54) is 0 Å². The molecule has 7 heteroatoms. The summed E-state index contributed by atoms with van der Waals surface area (Å²) in [6.07, 6.45) is 2.27. The fourth-order valence-corrected chi connectivity index (χ4v) is 4.60. The Kier molecular flexibility index (Phi) is 5.45. The van der Waals surface area contributed by atoms with Crippen LogP contribution >= 0.6 is 23.2 Å². The molecule has 0 radical (unpaired) electrons. The largest absolute Gasteiger partial charge is 0.333 e. The molecule has 32 heavy (non-hydrogen) atoms. The maximum absolute atomic E-state index is 13.9. The van der Waals surface area contributed by atoms with Crippen LogP contribution in [0.25, 0.3) is 22.0 Å². The van der Waals surface area contributed by atoms with Crippen molar-refractivity contribution in [2.75, 3.05) is 6.54 Å². The third kappa shape index (κ3) is 3.57. The number of hydrogen-bond donors (Lipinski definition) is 0. The van der Waals surface area contributed by atoms with E-state index in [0.29, 0.717) is 52.7 Å². The van der Waals surface area contributed by atoms with Gasteiger partial charge in [-0.05, 0) is 35.7 Å². The second-order valence-electron chi connectivity index (χ2n) is 7.77. The van der Waals surface area contributed by atoms with Crippen molar-refractivity contribution < 1.29 is 4.79 Å². The molecule has 1 aliphatic heterocycles. The highest BCUT2D eigenvalue weighted by Gasteiger charge is 2.29. The zero-order valence-electron chi connectivity index (χ0n) is 17.1. The van der Waals surface area contributed by atoms with Gasteiger partial charge in [0, 0.05) is 36.8 Å². The van der Waals surface area contributed by atoms with Crippen LogP contribution in [0, 0.1) is 0 Å². The minimum absolute atomic E-state index is 0.185. The maximum Gasteiger partial charge on any atom is 0.277 e. The van der Waals surface area contributed by atoms with Crippen LogP contribution in [0.2, 0.25) is 10.0 Å². The number of pyridine rings is 2. The predicted octanol–water partition coefficient (Wildman–Crippen LogP) is 5.42. The molecule has 0 N–H and O–H groups in total. The first kappa shape index (κ1) is 20.7. The smallest absolute Gasteiger partial charge is 0.277 e. The predicted molar refractivity (Wildman–Crippen MR) is 127 cm³/mol. The normalized spacial score (nSPS) is 13.8. The number of carbonyl (C=O) groups is 1. The molecular formula is C25H19Cl2N3O2. The summed E-state index contributed by atoms with van der Waals surface area (Å²) in [7, 11) is 0. The Labute approximate surface area is 194 Å². The lowest BCUT2D eigenvalue weighted by Gasteiger charge is -2.23. The number of halogens is 2. The van der Waals surface area contributed by atoms with E-state index >= 15 is 0 Å². The van der Waals surface area contributed by atoms with Gasteiger partial charge in [0.25, 0.3) is 11.5 Å². The third-order valence-electron chi connectivity index (χ3n) is 5.75. The summed E-state index contributed by atoms with van der Waals surface area (Å²) in [5, 5.41) is 1.60. The summed E-state index contributed by atoms with van der Waals surface area (Å²) in [6.45, 7) is 1.35. The summed E-state index contributed by atoms with van der Waals surface area (Å²) >= 11 is 12.2. The fraction of sp³-hybridized carbons (Fsp3) is 0.160. The van der Waals surface area contributed by atoms with E-state index in [1.807, 2.05) is 42.5 Å². The van der Waals surface area contributed by atoms with E-state index < -0.39 is 0 Å². The number of fused-ring (bicyclic) bond motifs is 2. The van der Waals surface area contributed by atoms with E-state index in [4.69, 9.17) is 23.2 Å². The molecule has 0 fully saturated rings. The average molecular weight is 464 g/mol. The van der Waals surface area contributed by atoms with Crippen LogP contribution in [0.3, 0.4) is 0 Å². The minimum Gasteiger partial charge on any atom is -0.333 e. The molecule has 0 aliphatic carbocycles. The van der Waals surface area contributed by atoms with E-state index in [1.54, 1.807) is 33.9 Å². The van der Waals surface area contributed by atoms with Crippen molar-refractivity contribution in [1.82, 2.24) is 14.5 Å². The molecule has 1 amide bonds. The van der Waals surface area contributed by atoms with Gasteiger partial charge in [-0.2, -0.15) is 0 Å². The standard InChI is InChI=1S/C25H19Cl2N3O2/c26-19-10-9-16(14-20(19)27)15-29-12-5-13-30-23(25(29)32)21(17-6-2-1-3-7-17)18-8-4-11-28-22(18)24(30)31/h1-4,6-11,14H,5,12-13,15H2. The van der Waals surface area contributed by atoms with E-state index in [-0.39, 0.29) is 11.5 Å². The van der Waals surface area contributed by atoms with Crippen molar-refractivity contribution in [1.29, 1.82) is 0 Å². The second kappa shape index (κ2) is 8.41. The highest BCUT2D eigenvalue weighted by Crippen LogP contribution is 2.32. The Morgan fingerprint density at radius 3 is 2.50 bits per heavy atom. The van der Waals surface area contributed by atoms with Crippen LogP contribution < -0.4 is 5.56 Å². The van der Waals surface area contributed by atoms with Crippen LogP contribution in [-0.2, 0) is 13.1 Å². The first-order valence-electron chi connectivity index (χ1n) is 10.3. The molecule has 0 unspecified atom stereocenters. The molecule has 0 atom stereocenters. The molecule has 5 nitrogen and oxygen atoms in total. The number of carbonyl (C=O) groups excluding carboxylic acids is 1. The number of nitrogens with zero attached hydrogens (tertiary/aromatic N) is 3. The zero-order chi connectivity index (χ0) is 22.2. The molecule has 3 heterocycles. The first-order valence-corrected chi connectivity index (χ1v) is 11.1. The molecule has 2 aromatic heterocycles. The first-order chi connectivity index (χ1) is 15.5. The van der Waals surface area contributed by atoms with Crippen LogP contribution in [0.4, 0.5) is 0 Å². The SMILES string of the molecule is O=C1c2c(-c3ccccc3)c3cccnc3c(=O)n2CCCN1Cc1ccc(Cl)c(Cl)c1. The summed E-state index contributed by atoms with van der Waals surface area (Å²) in [4.78, 5) is 33.3. The van der Waals surface area contributed by atoms with Crippen molar-refractivity contribution in [2.24, 2.45) is 0 Å². The Morgan fingerprint density at radius 1 is 0.906 bits per heavy atom. The molecule has 5 rings (SSSR count). The molecule has 160 valence electrons. The van der Waals surface area contributed by atoms with E-state index in [2.05, 4.69) is 4.98 Å². The van der Waals surface area contributed by atoms with Gasteiger partial charge >= 0.3 is 0 Å². The summed E-state index contributed by atoms with van der Waals surface area (Å²) in [6, 6.07) is 18.7. The average Bonchev–Trinajstić information content (AvgIpc) is 2.97. The van der Waals surface area contributed by atoms with Gasteiger partial charge in [0.1, 0.15) is 11.2 Å². The number of amides is 1. The van der Waals surface area contributed by atoms with Crippen LogP contribution in [0.5, 0.6) is 0 Å². The van der Waals surface area contributed by atoms with Crippen molar-refractivity contribution in [3.8, 4) is 11.1 Å². The highest BCUT2D eigenvalue weighted by molar-refractivity contribution is 6.42. The second-order valence-corrected chi connectivity index (χ2v) is 8.59. The van der Waals surface area contributed by atoms with Crippen LogP contribution in [-0.4, -0.2) is 26.9 Å². The topological polar surface area (TPSA) is 55.2 Å². The van der Waals surface area contributed by atoms with Crippen molar-refractivity contribution in [3.63, 3.8) is 0 Å². The lowest BCUT2D eigenvalue weighted by atomic mass is 9.98. The molecule has 0 saturated heterocycles. The summed E-state index contributed by atoms with van der Waals surface area (Å²) in [5.74, 6) is -0.185. The van der Waals surface area contributed by atoms with Gasteiger partial charge in [-0.15, -0.1) is 0 Å². The zero-order valence-corrected chi connectivity index (χ0v) is 18.6. The lowest BCUT2D eigenvalue weighted by molar-refractivity contribution is 0.0746. The summed E-state index contributed by atoms with van der Waals surface area (Å²) in [5.41, 5.74) is 3.03. The van der Waals surface area contributed by atoms with E-state index in [9.17, 15) is 9.59 Å². The Bertz CT molecular complexity index is 1400. The van der Waals surface area contributed by atoms with E-state index in [0.717, 1.165) is 16.7 Å². The quantitative estimate of drug-likeness (QED) is 0.407. The number of benzene rings is 2. The lowest BCUT2D eigenvalue weighted by Crippen LogP contribution is -2.33. The molecule has 1 aliphatic rings. The monoisotopic (exact) mass is 463 g/mol. The van der Waals surface area contributed by atoms with Gasteiger partial charge in [0.05, 0.1) is 10.0 Å². The minimum atomic E-state index is -0.236. The number of hydrogen-bond acceptors (Lipinski definition) is 3. The molecule has 4 aromatic rings. The fourth-order valence-electron chi connectivity index (χ4n) is 4.28. The van der Waals surface area contributed by atoms with Gasteiger partial charge in [-0.1, -0.05) is 65.7 Å². The number of aromatic nitrogens is 2. The third-order valence-corrected chi connectivity index (χ3v) is 6.49. The molecule has 0 bridgehead atoms. The number of rotatable bonds is 3. The maximum atomic E-state index is 13.9. The van der Waals surface area contributed by atoms with Gasteiger partial charge in [-0.25, -0.2) is 0 Å². The molecule has 0 saturated carbocycles. The Balaban J connectivity index is 1.71. The van der Waals surface area contributed by atoms with Crippen molar-refractivity contribution in [2.45, 2.75) is 19.5 Å². The Hall–Kier alpha value is -3.15. The van der Waals surface area contributed by atoms with Gasteiger partial charge < -0.3 is 9.47 Å². The van der Waals surface area contributed by atoms with Gasteiger partial charge in [-0.3, -0.25) is 14.6 Å². The van der Waals surface area contributed by atoms with Gasteiger partial charge in [0.15, 0.2) is 0 Å². The summed E-state index contributed by atoms with van der Waals surface area (Å²) < 4.78 is 1.59. The molecular weight excluding hydrogens is 445 g/mol. The van der Waals surface area contributed by atoms with Gasteiger partial charge in [0.2, 0.25) is 0 Å².